The molecule has 0 unspecified atom stereocenters. The Labute approximate surface area is 366 Å². The van der Waals surface area contributed by atoms with E-state index >= 15 is 0 Å². The fraction of sp³-hybridized carbons (Fsp3) is 0.0667. The van der Waals surface area contributed by atoms with Gasteiger partial charge < -0.3 is 4.90 Å². The molecule has 0 bridgehead atoms. The zero-order valence-corrected chi connectivity index (χ0v) is 34.8. The second-order valence-corrected chi connectivity index (χ2v) is 17.9. The number of thiophene rings is 1. The predicted octanol–water partition coefficient (Wildman–Crippen LogP) is 15.6. The van der Waals surface area contributed by atoms with E-state index in [9.17, 15) is 0 Å². The molecule has 0 aliphatic heterocycles. The molecule has 2 heteroatoms. The maximum atomic E-state index is 3.55. The Bertz CT molecular complexity index is 3450. The molecule has 4 aliphatic carbocycles. The Hall–Kier alpha value is -7.44. The van der Waals surface area contributed by atoms with E-state index in [4.69, 9.17) is 0 Å². The molecular weight excluding hydrogens is 767 g/mol. The van der Waals surface area contributed by atoms with E-state index in [1.807, 2.05) is 0 Å². The first-order chi connectivity index (χ1) is 30.8. The van der Waals surface area contributed by atoms with Crippen molar-refractivity contribution in [3.05, 3.63) is 244 Å². The highest BCUT2D eigenvalue weighted by atomic mass is 32.1. The summed E-state index contributed by atoms with van der Waals surface area (Å²) in [4.78, 5) is 3.69. The van der Waals surface area contributed by atoms with Crippen LogP contribution in [0.5, 0.6) is 0 Å². The standard InChI is InChI=1S/C60H39NS/c1-2-18-44-40(15-1)16-13-28-57(44)61(56-27-11-6-19-45(56)42-17-14-30-59-51(37-42)50-23-7-12-29-58(50)62-59)43-34-31-39(32-35-43)41-33-36-49-48-22-5-10-26-54(48)60(55(49)38-41)52-24-8-3-20-46(52)47-21-4-9-25-53(47)60/h1-13,15-16,18-29,31,33-34,36-38H,17,32,35H2. The maximum absolute atomic E-state index is 3.55. The maximum Gasteiger partial charge on any atom is 0.0853 e. The van der Waals surface area contributed by atoms with E-state index in [1.165, 1.54) is 110 Å². The van der Waals surface area contributed by atoms with Crippen LogP contribution in [0.4, 0.5) is 11.4 Å². The van der Waals surface area contributed by atoms with Crippen LogP contribution in [0.3, 0.4) is 0 Å². The molecule has 290 valence electrons. The van der Waals surface area contributed by atoms with E-state index in [0.717, 1.165) is 17.7 Å². The summed E-state index contributed by atoms with van der Waals surface area (Å²) in [6, 6.07) is 67.7. The number of anilines is 2. The summed E-state index contributed by atoms with van der Waals surface area (Å²) < 4.78 is 1.28. The topological polar surface area (TPSA) is 3.24 Å². The number of rotatable bonds is 5. The van der Waals surface area contributed by atoms with Crippen molar-refractivity contribution in [3.8, 4) is 34.1 Å². The van der Waals surface area contributed by atoms with Gasteiger partial charge >= 0.3 is 0 Å². The van der Waals surface area contributed by atoms with Crippen LogP contribution in [0.15, 0.2) is 200 Å². The van der Waals surface area contributed by atoms with Crippen LogP contribution >= 0.6 is 11.3 Å². The summed E-state index contributed by atoms with van der Waals surface area (Å²) in [6.45, 7) is 0. The van der Waals surface area contributed by atoms with Crippen LogP contribution < -0.4 is 4.90 Å². The molecule has 1 nitrogen and oxygen atoms in total. The summed E-state index contributed by atoms with van der Waals surface area (Å²) >= 11 is 1.80. The van der Waals surface area contributed by atoms with Gasteiger partial charge in [-0.05, 0) is 116 Å². The summed E-state index contributed by atoms with van der Waals surface area (Å²) in [5.41, 5.74) is 20.5. The lowest BCUT2D eigenvalue weighted by atomic mass is 9.70. The molecular formula is C60H39NS. The number of hydrogen-bond donors (Lipinski definition) is 0. The molecule has 1 heterocycles. The lowest BCUT2D eigenvalue weighted by Crippen LogP contribution is -2.26. The van der Waals surface area contributed by atoms with Gasteiger partial charge in [0, 0.05) is 38.7 Å². The van der Waals surface area contributed by atoms with Crippen LogP contribution in [-0.2, 0) is 5.41 Å². The quantitative estimate of drug-likeness (QED) is 0.157. The lowest BCUT2D eigenvalue weighted by Gasteiger charge is -2.33. The van der Waals surface area contributed by atoms with Crippen LogP contribution in [0, 0.1) is 11.8 Å². The lowest BCUT2D eigenvalue weighted by molar-refractivity contribution is 0.793. The molecule has 8 aromatic carbocycles. The van der Waals surface area contributed by atoms with Gasteiger partial charge in [0.15, 0.2) is 0 Å². The van der Waals surface area contributed by atoms with Crippen molar-refractivity contribution in [1.29, 1.82) is 0 Å². The van der Waals surface area contributed by atoms with Crippen LogP contribution in [0.1, 0.15) is 63.1 Å². The van der Waals surface area contributed by atoms with Gasteiger partial charge in [-0.15, -0.1) is 11.3 Å². The molecule has 0 radical (unpaired) electrons. The zero-order chi connectivity index (χ0) is 40.8. The number of benzene rings is 8. The summed E-state index contributed by atoms with van der Waals surface area (Å²) in [5.74, 6) is 7.09. The van der Waals surface area contributed by atoms with Gasteiger partial charge in [0.05, 0.1) is 21.7 Å². The monoisotopic (exact) mass is 805 g/mol. The number of para-hydroxylation sites is 1. The molecule has 0 atom stereocenters. The highest BCUT2D eigenvalue weighted by Crippen LogP contribution is 2.63. The van der Waals surface area contributed by atoms with E-state index in [2.05, 4.69) is 217 Å². The summed E-state index contributed by atoms with van der Waals surface area (Å²) in [6.07, 6.45) is 9.70. The molecule has 0 saturated carbocycles. The molecule has 13 rings (SSSR count). The molecule has 1 aromatic heterocycles. The van der Waals surface area contributed by atoms with Gasteiger partial charge in [-0.2, -0.15) is 0 Å². The highest BCUT2D eigenvalue weighted by Gasteiger charge is 2.51. The number of nitrogens with zero attached hydrogens (tertiary/aromatic N) is 1. The Morgan fingerprint density at radius 2 is 1.10 bits per heavy atom. The minimum atomic E-state index is -0.354. The van der Waals surface area contributed by atoms with Gasteiger partial charge in [-0.3, -0.25) is 0 Å². The fourth-order valence-corrected chi connectivity index (χ4v) is 12.1. The number of hydrogen-bond acceptors (Lipinski definition) is 2. The first kappa shape index (κ1) is 35.3. The van der Waals surface area contributed by atoms with Crippen molar-refractivity contribution >= 4 is 60.8 Å². The highest BCUT2D eigenvalue weighted by molar-refractivity contribution is 7.19. The second kappa shape index (κ2) is 13.8. The Morgan fingerprint density at radius 1 is 0.484 bits per heavy atom. The molecule has 0 fully saturated rings. The first-order valence-corrected chi connectivity index (χ1v) is 22.5. The normalized spacial score (nSPS) is 15.0. The molecule has 0 saturated heterocycles. The molecule has 62 heavy (non-hydrogen) atoms. The van der Waals surface area contributed by atoms with Crippen molar-refractivity contribution in [2.75, 3.05) is 4.90 Å². The van der Waals surface area contributed by atoms with E-state index in [0.29, 0.717) is 6.42 Å². The zero-order valence-electron chi connectivity index (χ0n) is 34.0. The third-order valence-corrected chi connectivity index (χ3v) is 14.8. The van der Waals surface area contributed by atoms with E-state index in [-0.39, 0.29) is 5.41 Å². The van der Waals surface area contributed by atoms with Gasteiger partial charge in [-0.1, -0.05) is 176 Å². The van der Waals surface area contributed by atoms with Gasteiger partial charge in [-0.25, -0.2) is 0 Å². The van der Waals surface area contributed by atoms with Gasteiger partial charge in [0.25, 0.3) is 0 Å². The van der Waals surface area contributed by atoms with Crippen molar-refractivity contribution in [3.63, 3.8) is 0 Å². The molecule has 0 amide bonds. The van der Waals surface area contributed by atoms with E-state index in [1.54, 1.807) is 11.3 Å². The van der Waals surface area contributed by atoms with Crippen molar-refractivity contribution in [2.45, 2.75) is 24.7 Å². The summed E-state index contributed by atoms with van der Waals surface area (Å²) in [7, 11) is 0. The largest absolute Gasteiger partial charge is 0.313 e. The molecule has 4 aliphatic rings. The average Bonchev–Trinajstić information content (AvgIpc) is 3.88. The second-order valence-electron chi connectivity index (χ2n) is 16.8. The average molecular weight is 806 g/mol. The van der Waals surface area contributed by atoms with E-state index < -0.39 is 0 Å². The third kappa shape index (κ3) is 5.10. The first-order valence-electron chi connectivity index (χ1n) is 21.7. The Kier molecular flexibility index (Phi) is 7.86. The summed E-state index contributed by atoms with van der Waals surface area (Å²) in [5, 5.41) is 3.75. The Morgan fingerprint density at radius 3 is 1.84 bits per heavy atom. The molecule has 9 aromatic rings. The molecule has 0 N–H and O–H groups in total. The van der Waals surface area contributed by atoms with Gasteiger partial charge in [0.2, 0.25) is 0 Å². The predicted molar refractivity (Wildman–Crippen MR) is 262 cm³/mol. The smallest absolute Gasteiger partial charge is 0.0853 e. The minimum Gasteiger partial charge on any atom is -0.313 e. The van der Waals surface area contributed by atoms with Crippen LogP contribution in [0.25, 0.3) is 60.3 Å². The number of allylic oxidation sites excluding steroid dienone is 5. The van der Waals surface area contributed by atoms with Gasteiger partial charge in [0.1, 0.15) is 0 Å². The Balaban J connectivity index is 0.963. The van der Waals surface area contributed by atoms with Crippen molar-refractivity contribution in [2.24, 2.45) is 0 Å². The fourth-order valence-electron chi connectivity index (χ4n) is 11.0. The SMILES string of the molecule is C1#Cc2sc3ccccc3c2C=C(c2ccccc2N(C2=CC=C(c3ccc4c(c3)C3(c5ccccc5-c5ccccc53)c3ccccc3-4)CC2)c2cccc3ccccc23)C1. The third-order valence-electron chi connectivity index (χ3n) is 13.7. The minimum absolute atomic E-state index is 0.354. The van der Waals surface area contributed by atoms with Crippen LogP contribution in [0.2, 0.25) is 0 Å². The molecule has 1 spiro atoms. The van der Waals surface area contributed by atoms with Crippen molar-refractivity contribution < 1.29 is 0 Å². The van der Waals surface area contributed by atoms with Crippen LogP contribution in [-0.4, -0.2) is 0 Å². The number of fused-ring (bicyclic) bond motifs is 14. The van der Waals surface area contributed by atoms with Crippen molar-refractivity contribution in [1.82, 2.24) is 0 Å².